The molecule has 1 radical (unpaired) electrons. The first-order valence-electron chi connectivity index (χ1n) is 3.15. The standard InChI is InChI=1S/C6H10NO/c8-6-1-2-7-4-5(7)3-6/h4-6,8H,1-3H2. The summed E-state index contributed by atoms with van der Waals surface area (Å²) in [4.78, 5) is 2.28. The lowest BCUT2D eigenvalue weighted by atomic mass is 10.1. The van der Waals surface area contributed by atoms with E-state index in [0.717, 1.165) is 19.4 Å². The molecule has 2 heteroatoms. The van der Waals surface area contributed by atoms with Crippen LogP contribution in [0, 0.1) is 6.54 Å². The summed E-state index contributed by atoms with van der Waals surface area (Å²) < 4.78 is 0. The molecule has 0 bridgehead atoms. The second kappa shape index (κ2) is 1.45. The van der Waals surface area contributed by atoms with Gasteiger partial charge in [0.05, 0.1) is 6.10 Å². The van der Waals surface area contributed by atoms with E-state index in [4.69, 9.17) is 5.11 Å². The van der Waals surface area contributed by atoms with Crippen LogP contribution in [0.15, 0.2) is 0 Å². The van der Waals surface area contributed by atoms with E-state index in [1.165, 1.54) is 0 Å². The van der Waals surface area contributed by atoms with Crippen LogP contribution < -0.4 is 0 Å². The lowest BCUT2D eigenvalue weighted by molar-refractivity contribution is 0.123. The highest BCUT2D eigenvalue weighted by Gasteiger charge is 2.39. The second-order valence-corrected chi connectivity index (χ2v) is 2.63. The number of fused-ring (bicyclic) bond motifs is 1. The zero-order valence-electron chi connectivity index (χ0n) is 4.75. The summed E-state index contributed by atoms with van der Waals surface area (Å²) in [6.07, 6.45) is 1.92. The lowest BCUT2D eigenvalue weighted by Gasteiger charge is -2.15. The summed E-state index contributed by atoms with van der Waals surface area (Å²) in [7, 11) is 0. The molecule has 0 aliphatic carbocycles. The van der Waals surface area contributed by atoms with E-state index in [2.05, 4.69) is 11.4 Å². The van der Waals surface area contributed by atoms with Crippen molar-refractivity contribution in [3.63, 3.8) is 0 Å². The first-order valence-corrected chi connectivity index (χ1v) is 3.15. The summed E-state index contributed by atoms with van der Waals surface area (Å²) in [5, 5.41) is 9.06. The largest absolute Gasteiger partial charge is 0.393 e. The van der Waals surface area contributed by atoms with Gasteiger partial charge >= 0.3 is 0 Å². The average molecular weight is 112 g/mol. The molecular weight excluding hydrogens is 102 g/mol. The van der Waals surface area contributed by atoms with Gasteiger partial charge in [0.2, 0.25) is 0 Å². The van der Waals surface area contributed by atoms with Crippen molar-refractivity contribution in [2.75, 3.05) is 6.54 Å². The summed E-state index contributed by atoms with van der Waals surface area (Å²) in [5.74, 6) is 0. The van der Waals surface area contributed by atoms with Crippen molar-refractivity contribution in [2.24, 2.45) is 0 Å². The van der Waals surface area contributed by atoms with E-state index >= 15 is 0 Å². The number of aliphatic hydroxyl groups is 1. The summed E-state index contributed by atoms with van der Waals surface area (Å²) in [6.45, 7) is 3.27. The normalized spacial score (nSPS) is 52.9. The van der Waals surface area contributed by atoms with Crippen LogP contribution in [0.3, 0.4) is 0 Å². The highest BCUT2D eigenvalue weighted by atomic mass is 16.3. The van der Waals surface area contributed by atoms with Gasteiger partial charge in [0.15, 0.2) is 0 Å². The predicted octanol–water partition coefficient (Wildman–Crippen LogP) is -0.0129. The Morgan fingerprint density at radius 3 is 3.12 bits per heavy atom. The molecule has 0 aromatic rings. The van der Waals surface area contributed by atoms with Crippen molar-refractivity contribution >= 4 is 0 Å². The molecule has 3 atom stereocenters. The molecule has 2 saturated heterocycles. The maximum absolute atomic E-state index is 9.06. The third-order valence-corrected chi connectivity index (χ3v) is 1.93. The summed E-state index contributed by atoms with van der Waals surface area (Å²) in [6, 6.07) is 0.638. The molecule has 0 amide bonds. The zero-order valence-corrected chi connectivity index (χ0v) is 4.75. The first-order chi connectivity index (χ1) is 3.86. The number of hydrogen-bond acceptors (Lipinski definition) is 2. The fourth-order valence-corrected chi connectivity index (χ4v) is 1.31. The SMILES string of the molecule is OC1CCN2[CH]C2C1. The molecule has 3 unspecified atom stereocenters. The second-order valence-electron chi connectivity index (χ2n) is 2.63. The molecule has 2 nitrogen and oxygen atoms in total. The molecule has 8 heavy (non-hydrogen) atoms. The van der Waals surface area contributed by atoms with E-state index in [0.29, 0.717) is 6.04 Å². The van der Waals surface area contributed by atoms with Crippen molar-refractivity contribution in [2.45, 2.75) is 25.0 Å². The Balaban J connectivity index is 1.93. The minimum absolute atomic E-state index is 0.0185. The Morgan fingerprint density at radius 2 is 2.50 bits per heavy atom. The van der Waals surface area contributed by atoms with Crippen LogP contribution in [-0.2, 0) is 0 Å². The highest BCUT2D eigenvalue weighted by Crippen LogP contribution is 2.32. The quantitative estimate of drug-likeness (QED) is 0.445. The molecule has 45 valence electrons. The lowest BCUT2D eigenvalue weighted by Crippen LogP contribution is -2.22. The Labute approximate surface area is 49.1 Å². The number of hydrogen-bond donors (Lipinski definition) is 1. The molecule has 0 aromatic heterocycles. The van der Waals surface area contributed by atoms with Crippen molar-refractivity contribution in [1.82, 2.24) is 4.90 Å². The van der Waals surface area contributed by atoms with Crippen LogP contribution in [-0.4, -0.2) is 28.7 Å². The van der Waals surface area contributed by atoms with Crippen LogP contribution in [0.1, 0.15) is 12.8 Å². The average Bonchev–Trinajstić information content (AvgIpc) is 2.43. The summed E-state index contributed by atoms with van der Waals surface area (Å²) >= 11 is 0. The molecule has 2 fully saturated rings. The van der Waals surface area contributed by atoms with Crippen molar-refractivity contribution in [3.8, 4) is 0 Å². The Kier molecular flexibility index (Phi) is 0.866. The Hall–Kier alpha value is -0.0800. The first kappa shape index (κ1) is 4.77. The van der Waals surface area contributed by atoms with E-state index in [1.54, 1.807) is 0 Å². The summed E-state index contributed by atoms with van der Waals surface area (Å²) in [5.41, 5.74) is 0. The van der Waals surface area contributed by atoms with Crippen molar-refractivity contribution in [3.05, 3.63) is 6.54 Å². The van der Waals surface area contributed by atoms with Crippen LogP contribution in [0.5, 0.6) is 0 Å². The van der Waals surface area contributed by atoms with E-state index in [-0.39, 0.29) is 6.10 Å². The highest BCUT2D eigenvalue weighted by molar-refractivity contribution is 5.05. The van der Waals surface area contributed by atoms with E-state index < -0.39 is 0 Å². The van der Waals surface area contributed by atoms with Crippen LogP contribution in [0.4, 0.5) is 0 Å². The number of rotatable bonds is 0. The maximum Gasteiger partial charge on any atom is 0.0568 e. The van der Waals surface area contributed by atoms with Gasteiger partial charge in [-0.2, -0.15) is 0 Å². The predicted molar refractivity (Wildman–Crippen MR) is 30.0 cm³/mol. The van der Waals surface area contributed by atoms with Gasteiger partial charge in [-0.3, -0.25) is 4.90 Å². The van der Waals surface area contributed by atoms with Crippen molar-refractivity contribution in [1.29, 1.82) is 0 Å². The van der Waals surface area contributed by atoms with Gasteiger partial charge < -0.3 is 5.11 Å². The molecule has 0 aromatic carbocycles. The number of aliphatic hydroxyl groups excluding tert-OH is 1. The van der Waals surface area contributed by atoms with Gasteiger partial charge in [0, 0.05) is 19.1 Å². The number of nitrogens with zero attached hydrogens (tertiary/aromatic N) is 1. The molecular formula is C6H10NO. The number of piperidine rings is 1. The maximum atomic E-state index is 9.06. The van der Waals surface area contributed by atoms with E-state index in [1.807, 2.05) is 0 Å². The van der Waals surface area contributed by atoms with Gasteiger partial charge in [0.25, 0.3) is 0 Å². The van der Waals surface area contributed by atoms with Crippen LogP contribution in [0.2, 0.25) is 0 Å². The minimum atomic E-state index is -0.0185. The van der Waals surface area contributed by atoms with Crippen molar-refractivity contribution < 1.29 is 5.11 Å². The molecule has 2 heterocycles. The molecule has 1 N–H and O–H groups in total. The van der Waals surface area contributed by atoms with Gasteiger partial charge in [-0.15, -0.1) is 0 Å². The molecule has 2 rings (SSSR count). The molecule has 2 aliphatic rings. The molecule has 0 spiro atoms. The third kappa shape index (κ3) is 0.644. The van der Waals surface area contributed by atoms with Gasteiger partial charge in [-0.05, 0) is 12.8 Å². The van der Waals surface area contributed by atoms with Gasteiger partial charge in [-0.1, -0.05) is 0 Å². The van der Waals surface area contributed by atoms with Crippen LogP contribution in [0.25, 0.3) is 0 Å². The van der Waals surface area contributed by atoms with Gasteiger partial charge in [-0.25, -0.2) is 0 Å². The topological polar surface area (TPSA) is 23.2 Å². The smallest absolute Gasteiger partial charge is 0.0568 e. The van der Waals surface area contributed by atoms with Crippen LogP contribution >= 0.6 is 0 Å². The van der Waals surface area contributed by atoms with E-state index in [9.17, 15) is 0 Å². The molecule has 2 aliphatic heterocycles. The van der Waals surface area contributed by atoms with Gasteiger partial charge in [0.1, 0.15) is 0 Å². The fourth-order valence-electron chi connectivity index (χ4n) is 1.31. The Morgan fingerprint density at radius 1 is 1.62 bits per heavy atom. The minimum Gasteiger partial charge on any atom is -0.393 e. The third-order valence-electron chi connectivity index (χ3n) is 1.93. The fraction of sp³-hybridized carbons (Fsp3) is 0.833. The Bertz CT molecular complexity index is 105. The molecule has 0 saturated carbocycles. The monoisotopic (exact) mass is 112 g/mol. The zero-order chi connectivity index (χ0) is 5.56.